The van der Waals surface area contributed by atoms with E-state index in [1.165, 1.54) is 17.0 Å². The first-order chi connectivity index (χ1) is 9.00. The third-order valence-corrected chi connectivity index (χ3v) is 3.65. The minimum Gasteiger partial charge on any atom is -0.480 e. The Labute approximate surface area is 117 Å². The minimum absolute atomic E-state index is 0.0172. The molecule has 2 amide bonds. The summed E-state index contributed by atoms with van der Waals surface area (Å²) in [5.74, 6) is -1.62. The molecule has 1 heterocycles. The largest absolute Gasteiger partial charge is 0.480 e. The van der Waals surface area contributed by atoms with Crippen LogP contribution < -0.4 is 5.32 Å². The average molecular weight is 331 g/mol. The lowest BCUT2D eigenvalue weighted by Gasteiger charge is -2.22. The van der Waals surface area contributed by atoms with Crippen molar-refractivity contribution in [2.24, 2.45) is 0 Å². The van der Waals surface area contributed by atoms with E-state index < -0.39 is 23.9 Å². The van der Waals surface area contributed by atoms with Crippen molar-refractivity contribution in [1.29, 1.82) is 0 Å². The average Bonchev–Trinajstić information content (AvgIpc) is 2.83. The Kier molecular flexibility index (Phi) is 4.04. The summed E-state index contributed by atoms with van der Waals surface area (Å²) in [6.07, 6.45) is 1.05. The van der Waals surface area contributed by atoms with Gasteiger partial charge in [0.05, 0.1) is 5.69 Å². The van der Waals surface area contributed by atoms with Crippen molar-refractivity contribution in [1.82, 2.24) is 4.90 Å². The van der Waals surface area contributed by atoms with Crippen molar-refractivity contribution < 1.29 is 19.1 Å². The lowest BCUT2D eigenvalue weighted by Crippen LogP contribution is -2.42. The first kappa shape index (κ1) is 13.8. The van der Waals surface area contributed by atoms with Gasteiger partial charge in [-0.3, -0.25) is 0 Å². The van der Waals surface area contributed by atoms with Crippen molar-refractivity contribution in [3.8, 4) is 0 Å². The van der Waals surface area contributed by atoms with Crippen LogP contribution in [-0.4, -0.2) is 34.6 Å². The van der Waals surface area contributed by atoms with Crippen LogP contribution in [0, 0.1) is 5.82 Å². The number of aliphatic carboxylic acids is 1. The molecule has 1 aromatic rings. The van der Waals surface area contributed by atoms with Gasteiger partial charge in [-0.1, -0.05) is 6.07 Å². The molecule has 1 aromatic carbocycles. The molecule has 19 heavy (non-hydrogen) atoms. The van der Waals surface area contributed by atoms with E-state index in [1.807, 2.05) is 0 Å². The molecule has 2 N–H and O–H groups in total. The van der Waals surface area contributed by atoms with Crippen LogP contribution in [0.15, 0.2) is 22.7 Å². The highest BCUT2D eigenvalue weighted by Crippen LogP contribution is 2.26. The van der Waals surface area contributed by atoms with E-state index in [1.54, 1.807) is 6.07 Å². The molecule has 1 fully saturated rings. The van der Waals surface area contributed by atoms with Crippen LogP contribution in [0.4, 0.5) is 14.9 Å². The fraction of sp³-hybridized carbons (Fsp3) is 0.333. The fourth-order valence-electron chi connectivity index (χ4n) is 2.06. The van der Waals surface area contributed by atoms with Gasteiger partial charge in [-0.05, 0) is 40.9 Å². The van der Waals surface area contributed by atoms with Crippen LogP contribution in [0.2, 0.25) is 0 Å². The number of amides is 2. The van der Waals surface area contributed by atoms with Crippen molar-refractivity contribution in [3.63, 3.8) is 0 Å². The summed E-state index contributed by atoms with van der Waals surface area (Å²) in [5.41, 5.74) is 0.0172. The molecule has 5 nitrogen and oxygen atoms in total. The summed E-state index contributed by atoms with van der Waals surface area (Å²) in [6.45, 7) is 0.356. The van der Waals surface area contributed by atoms with E-state index in [4.69, 9.17) is 5.11 Å². The summed E-state index contributed by atoms with van der Waals surface area (Å²) in [4.78, 5) is 24.2. The van der Waals surface area contributed by atoms with Crippen molar-refractivity contribution >= 4 is 33.6 Å². The smallest absolute Gasteiger partial charge is 0.326 e. The van der Waals surface area contributed by atoms with Gasteiger partial charge < -0.3 is 15.3 Å². The van der Waals surface area contributed by atoms with Gasteiger partial charge in [-0.25, -0.2) is 14.0 Å². The number of urea groups is 1. The topological polar surface area (TPSA) is 69.6 Å². The van der Waals surface area contributed by atoms with Gasteiger partial charge in [0.2, 0.25) is 0 Å². The molecule has 2 rings (SSSR count). The number of hydrogen-bond acceptors (Lipinski definition) is 2. The second-order valence-corrected chi connectivity index (χ2v) is 5.07. The molecule has 0 aromatic heterocycles. The maximum Gasteiger partial charge on any atom is 0.326 e. The summed E-state index contributed by atoms with van der Waals surface area (Å²) in [5, 5.41) is 11.4. The third kappa shape index (κ3) is 2.86. The van der Waals surface area contributed by atoms with Crippen molar-refractivity contribution in [2.75, 3.05) is 11.9 Å². The van der Waals surface area contributed by atoms with E-state index in [0.717, 1.165) is 0 Å². The number of rotatable bonds is 2. The monoisotopic (exact) mass is 330 g/mol. The quantitative estimate of drug-likeness (QED) is 0.875. The summed E-state index contributed by atoms with van der Waals surface area (Å²) in [7, 11) is 0. The standard InChI is InChI=1S/C12H12BrFN2O3/c13-7-3-1-4-8(14)10(7)15-12(19)16-6-2-5-9(16)11(17)18/h1,3-4,9H,2,5-6H2,(H,15,19)(H,17,18)/t9-/m1/s1. The van der Waals surface area contributed by atoms with Crippen LogP contribution in [-0.2, 0) is 4.79 Å². The zero-order chi connectivity index (χ0) is 14.0. The lowest BCUT2D eigenvalue weighted by molar-refractivity contribution is -0.141. The molecule has 102 valence electrons. The Bertz CT molecular complexity index is 503. The first-order valence-electron chi connectivity index (χ1n) is 5.75. The predicted molar refractivity (Wildman–Crippen MR) is 70.5 cm³/mol. The van der Waals surface area contributed by atoms with E-state index in [9.17, 15) is 14.0 Å². The summed E-state index contributed by atoms with van der Waals surface area (Å²) < 4.78 is 14.0. The first-order valence-corrected chi connectivity index (χ1v) is 6.54. The normalized spacial score (nSPS) is 18.4. The van der Waals surface area contributed by atoms with E-state index in [2.05, 4.69) is 21.2 Å². The van der Waals surface area contributed by atoms with Gasteiger partial charge in [0, 0.05) is 11.0 Å². The second-order valence-electron chi connectivity index (χ2n) is 4.22. The molecule has 0 bridgehead atoms. The molecule has 0 spiro atoms. The van der Waals surface area contributed by atoms with Crippen LogP contribution in [0.3, 0.4) is 0 Å². The maximum absolute atomic E-state index is 13.6. The maximum atomic E-state index is 13.6. The Hall–Kier alpha value is -1.63. The zero-order valence-electron chi connectivity index (χ0n) is 9.90. The van der Waals surface area contributed by atoms with Crippen LogP contribution >= 0.6 is 15.9 Å². The van der Waals surface area contributed by atoms with E-state index >= 15 is 0 Å². The van der Waals surface area contributed by atoms with Gasteiger partial charge >= 0.3 is 12.0 Å². The second kappa shape index (κ2) is 5.56. The van der Waals surface area contributed by atoms with Crippen LogP contribution in [0.25, 0.3) is 0 Å². The number of carboxylic acids is 1. The Morgan fingerprint density at radius 1 is 1.47 bits per heavy atom. The van der Waals surface area contributed by atoms with Gasteiger partial charge in [-0.15, -0.1) is 0 Å². The highest BCUT2D eigenvalue weighted by Gasteiger charge is 2.34. The predicted octanol–water partition coefficient (Wildman–Crippen LogP) is 2.67. The van der Waals surface area contributed by atoms with Crippen LogP contribution in [0.5, 0.6) is 0 Å². The Morgan fingerprint density at radius 2 is 2.21 bits per heavy atom. The molecule has 1 aliphatic rings. The number of benzene rings is 1. The summed E-state index contributed by atoms with van der Waals surface area (Å²) in [6, 6.07) is 2.88. The van der Waals surface area contributed by atoms with E-state index in [-0.39, 0.29) is 5.69 Å². The molecule has 0 saturated carbocycles. The van der Waals surface area contributed by atoms with Gasteiger partial charge in [-0.2, -0.15) is 0 Å². The molecular formula is C12H12BrFN2O3. The zero-order valence-corrected chi connectivity index (χ0v) is 11.5. The molecule has 7 heteroatoms. The number of carboxylic acid groups (broad SMARTS) is 1. The highest BCUT2D eigenvalue weighted by atomic mass is 79.9. The number of carbonyl (C=O) groups excluding carboxylic acids is 1. The number of halogens is 2. The SMILES string of the molecule is O=C(O)[C@H]1CCCN1C(=O)Nc1c(F)cccc1Br. The van der Waals surface area contributed by atoms with Crippen molar-refractivity contribution in [3.05, 3.63) is 28.5 Å². The molecule has 0 unspecified atom stereocenters. The number of anilines is 1. The van der Waals surface area contributed by atoms with Gasteiger partial charge in [0.15, 0.2) is 0 Å². The minimum atomic E-state index is -1.04. The molecule has 1 aliphatic heterocycles. The van der Waals surface area contributed by atoms with Crippen molar-refractivity contribution in [2.45, 2.75) is 18.9 Å². The number of hydrogen-bond donors (Lipinski definition) is 2. The van der Waals surface area contributed by atoms with Gasteiger partial charge in [0.25, 0.3) is 0 Å². The molecule has 0 radical (unpaired) electrons. The number of likely N-dealkylation sites (tertiary alicyclic amines) is 1. The Morgan fingerprint density at radius 3 is 2.84 bits per heavy atom. The molecule has 1 saturated heterocycles. The highest BCUT2D eigenvalue weighted by molar-refractivity contribution is 9.10. The number of para-hydroxylation sites is 1. The summed E-state index contributed by atoms with van der Waals surface area (Å²) >= 11 is 3.14. The number of nitrogens with one attached hydrogen (secondary N) is 1. The molecule has 1 atom stereocenters. The Balaban J connectivity index is 2.15. The molecular weight excluding hydrogens is 319 g/mol. The van der Waals surface area contributed by atoms with E-state index in [0.29, 0.717) is 23.9 Å². The van der Waals surface area contributed by atoms with Crippen LogP contribution in [0.1, 0.15) is 12.8 Å². The third-order valence-electron chi connectivity index (χ3n) is 2.99. The fourth-order valence-corrected chi connectivity index (χ4v) is 2.50. The molecule has 0 aliphatic carbocycles. The number of carbonyl (C=O) groups is 2. The van der Waals surface area contributed by atoms with Gasteiger partial charge in [0.1, 0.15) is 11.9 Å². The lowest BCUT2D eigenvalue weighted by atomic mass is 10.2. The number of nitrogens with zero attached hydrogens (tertiary/aromatic N) is 1.